The van der Waals surface area contributed by atoms with Gasteiger partial charge in [-0.1, -0.05) is 6.58 Å². The summed E-state index contributed by atoms with van der Waals surface area (Å²) >= 11 is 0. The number of ether oxygens (including phenoxy) is 1. The van der Waals surface area contributed by atoms with E-state index in [1.807, 2.05) is 21.1 Å². The maximum Gasteiger partial charge on any atom is 0.470 e. The first kappa shape index (κ1) is 18.3. The van der Waals surface area contributed by atoms with Crippen LogP contribution in [0.25, 0.3) is 0 Å². The van der Waals surface area contributed by atoms with E-state index in [0.29, 0.717) is 11.0 Å². The lowest BCUT2D eigenvalue weighted by Gasteiger charge is -2.29. The molecule has 0 bridgehead atoms. The third-order valence-electron chi connectivity index (χ3n) is 2.06. The number of carbonyl (C=O) groups is 1. The minimum absolute atomic E-state index is 0.0242. The Morgan fingerprint density at radius 3 is 2.26 bits per heavy atom. The molecule has 0 aliphatic rings. The molecule has 7 nitrogen and oxygen atoms in total. The molecule has 0 radical (unpaired) electrons. The molecule has 0 aromatic carbocycles. The molecule has 0 fully saturated rings. The van der Waals surface area contributed by atoms with Crippen molar-refractivity contribution in [3.8, 4) is 0 Å². The SMILES string of the molecule is C=C(C)C(=O)OCCC(C[N+](C)(C)C)OP(=O)(O)O. The van der Waals surface area contributed by atoms with Crippen molar-refractivity contribution in [2.75, 3.05) is 34.3 Å². The largest absolute Gasteiger partial charge is 0.470 e. The molecule has 112 valence electrons. The number of rotatable bonds is 8. The maximum atomic E-state index is 11.2. The van der Waals surface area contributed by atoms with Gasteiger partial charge in [-0.3, -0.25) is 4.52 Å². The first-order valence-corrected chi connectivity index (χ1v) is 7.31. The minimum atomic E-state index is -4.56. The highest BCUT2D eigenvalue weighted by Crippen LogP contribution is 2.38. The smallest absolute Gasteiger partial charge is 0.462 e. The average molecular weight is 296 g/mol. The molecule has 0 saturated heterocycles. The zero-order valence-corrected chi connectivity index (χ0v) is 12.7. The number of esters is 1. The van der Waals surface area contributed by atoms with Crippen molar-refractivity contribution >= 4 is 13.8 Å². The molecule has 0 amide bonds. The van der Waals surface area contributed by atoms with Gasteiger partial charge in [0.15, 0.2) is 0 Å². The van der Waals surface area contributed by atoms with Crippen molar-refractivity contribution < 1.29 is 32.9 Å². The first-order chi connectivity index (χ1) is 8.41. The van der Waals surface area contributed by atoms with Crippen molar-refractivity contribution in [3.05, 3.63) is 12.2 Å². The van der Waals surface area contributed by atoms with E-state index in [0.717, 1.165) is 0 Å². The van der Waals surface area contributed by atoms with Crippen LogP contribution in [0.1, 0.15) is 13.3 Å². The van der Waals surface area contributed by atoms with Crippen LogP contribution in [0, 0.1) is 0 Å². The Hall–Kier alpha value is -0.720. The Labute approximate surface area is 113 Å². The Morgan fingerprint density at radius 2 is 1.89 bits per heavy atom. The van der Waals surface area contributed by atoms with E-state index < -0.39 is 19.9 Å². The summed E-state index contributed by atoms with van der Waals surface area (Å²) in [6.07, 6.45) is -0.488. The van der Waals surface area contributed by atoms with Crippen LogP contribution in [0.15, 0.2) is 12.2 Å². The number of quaternary nitrogens is 1. The molecular weight excluding hydrogens is 273 g/mol. The van der Waals surface area contributed by atoms with Crippen LogP contribution in [0.4, 0.5) is 0 Å². The van der Waals surface area contributed by atoms with Gasteiger partial charge in [-0.2, -0.15) is 0 Å². The second-order valence-corrected chi connectivity index (χ2v) is 6.59. The summed E-state index contributed by atoms with van der Waals surface area (Å²) in [6, 6.07) is 0. The fourth-order valence-electron chi connectivity index (χ4n) is 1.39. The third kappa shape index (κ3) is 10.9. The van der Waals surface area contributed by atoms with Crippen molar-refractivity contribution in [2.24, 2.45) is 0 Å². The van der Waals surface area contributed by atoms with Gasteiger partial charge in [-0.25, -0.2) is 9.36 Å². The van der Waals surface area contributed by atoms with Gasteiger partial charge in [0.2, 0.25) is 0 Å². The Bertz CT molecular complexity index is 370. The molecule has 0 aromatic heterocycles. The molecule has 0 aliphatic heterocycles. The molecular formula is C11H23NO6P+. The average Bonchev–Trinajstić information content (AvgIpc) is 2.11. The molecule has 0 rings (SSSR count). The van der Waals surface area contributed by atoms with Crippen LogP contribution >= 0.6 is 7.82 Å². The number of phosphoric ester groups is 1. The van der Waals surface area contributed by atoms with Crippen molar-refractivity contribution in [2.45, 2.75) is 19.4 Å². The standard InChI is InChI=1S/C11H22NO6P/c1-9(2)11(13)17-7-6-10(8-12(3,4)5)18-19(14,15)16/h10H,1,6-8H2,2-5H3,(H-,14,15,16)/p+1. The summed E-state index contributed by atoms with van der Waals surface area (Å²) in [4.78, 5) is 28.9. The molecule has 2 N–H and O–H groups in total. The van der Waals surface area contributed by atoms with Gasteiger partial charge in [0, 0.05) is 12.0 Å². The fraction of sp³-hybridized carbons (Fsp3) is 0.727. The predicted octanol–water partition coefficient (Wildman–Crippen LogP) is 0.680. The molecule has 8 heteroatoms. The van der Waals surface area contributed by atoms with Gasteiger partial charge in [-0.05, 0) is 6.92 Å². The normalized spacial score (nSPS) is 14.0. The predicted molar refractivity (Wildman–Crippen MR) is 70.2 cm³/mol. The van der Waals surface area contributed by atoms with Crippen molar-refractivity contribution in [3.63, 3.8) is 0 Å². The van der Waals surface area contributed by atoms with Crippen LogP contribution in [0.2, 0.25) is 0 Å². The Balaban J connectivity index is 4.39. The van der Waals surface area contributed by atoms with Gasteiger partial charge < -0.3 is 19.0 Å². The summed E-state index contributed by atoms with van der Waals surface area (Å²) < 4.78 is 20.9. The minimum Gasteiger partial charge on any atom is -0.462 e. The van der Waals surface area contributed by atoms with E-state index in [1.54, 1.807) is 0 Å². The summed E-state index contributed by atoms with van der Waals surface area (Å²) in [5.41, 5.74) is 0.277. The van der Waals surface area contributed by atoms with E-state index in [9.17, 15) is 9.36 Å². The second-order valence-electron chi connectivity index (χ2n) is 5.40. The quantitative estimate of drug-likeness (QED) is 0.296. The lowest BCUT2D eigenvalue weighted by molar-refractivity contribution is -0.873. The number of hydrogen-bond donors (Lipinski definition) is 2. The number of carbonyl (C=O) groups excluding carboxylic acids is 1. The van der Waals surface area contributed by atoms with Crippen LogP contribution in [0.5, 0.6) is 0 Å². The number of likely N-dealkylation sites (N-methyl/N-ethyl adjacent to an activating group) is 1. The zero-order chi connectivity index (χ0) is 15.3. The summed E-state index contributed by atoms with van der Waals surface area (Å²) in [6.45, 7) is 5.37. The molecule has 0 aliphatic carbocycles. The Kier molecular flexibility index (Phi) is 6.89. The van der Waals surface area contributed by atoms with Gasteiger partial charge in [0.05, 0.1) is 27.7 Å². The van der Waals surface area contributed by atoms with E-state index in [4.69, 9.17) is 19.0 Å². The van der Waals surface area contributed by atoms with Gasteiger partial charge >= 0.3 is 13.8 Å². The number of hydrogen-bond acceptors (Lipinski definition) is 4. The molecule has 1 atom stereocenters. The highest BCUT2D eigenvalue weighted by molar-refractivity contribution is 7.46. The summed E-state index contributed by atoms with van der Waals surface area (Å²) in [5, 5.41) is 0. The van der Waals surface area contributed by atoms with E-state index >= 15 is 0 Å². The van der Waals surface area contributed by atoms with E-state index in [2.05, 4.69) is 6.58 Å². The lowest BCUT2D eigenvalue weighted by Crippen LogP contribution is -2.42. The summed E-state index contributed by atoms with van der Waals surface area (Å²) in [7, 11) is 1.05. The second kappa shape index (κ2) is 7.17. The van der Waals surface area contributed by atoms with E-state index in [1.165, 1.54) is 6.92 Å². The van der Waals surface area contributed by atoms with Gasteiger partial charge in [-0.15, -0.1) is 0 Å². The first-order valence-electron chi connectivity index (χ1n) is 5.78. The number of phosphoric acid groups is 1. The monoisotopic (exact) mass is 296 g/mol. The molecule has 1 unspecified atom stereocenters. The van der Waals surface area contributed by atoms with E-state index in [-0.39, 0.29) is 18.6 Å². The number of nitrogens with zero attached hydrogens (tertiary/aromatic N) is 1. The van der Waals surface area contributed by atoms with Gasteiger partial charge in [0.25, 0.3) is 0 Å². The van der Waals surface area contributed by atoms with Crippen molar-refractivity contribution in [1.82, 2.24) is 0 Å². The molecule has 19 heavy (non-hydrogen) atoms. The highest BCUT2D eigenvalue weighted by atomic mass is 31.2. The topological polar surface area (TPSA) is 93.1 Å². The molecule has 0 spiro atoms. The third-order valence-corrected chi connectivity index (χ3v) is 2.63. The summed E-state index contributed by atoms with van der Waals surface area (Å²) in [5.74, 6) is -0.528. The molecule has 0 aromatic rings. The van der Waals surface area contributed by atoms with Crippen LogP contribution in [0.3, 0.4) is 0 Å². The van der Waals surface area contributed by atoms with Gasteiger partial charge in [0.1, 0.15) is 12.6 Å². The molecule has 0 saturated carbocycles. The van der Waals surface area contributed by atoms with Crippen LogP contribution < -0.4 is 0 Å². The van der Waals surface area contributed by atoms with Crippen molar-refractivity contribution in [1.29, 1.82) is 0 Å². The molecule has 0 heterocycles. The maximum absolute atomic E-state index is 11.2. The zero-order valence-electron chi connectivity index (χ0n) is 11.8. The fourth-order valence-corrected chi connectivity index (χ4v) is 1.95. The lowest BCUT2D eigenvalue weighted by atomic mass is 10.2. The Morgan fingerprint density at radius 1 is 1.37 bits per heavy atom. The highest BCUT2D eigenvalue weighted by Gasteiger charge is 2.27. The van der Waals surface area contributed by atoms with Crippen LogP contribution in [-0.4, -0.2) is 60.6 Å². The van der Waals surface area contributed by atoms with Crippen LogP contribution in [-0.2, 0) is 18.6 Å².